The van der Waals surface area contributed by atoms with Crippen molar-refractivity contribution < 1.29 is 14.3 Å². The second-order valence-electron chi connectivity index (χ2n) is 5.89. The summed E-state index contributed by atoms with van der Waals surface area (Å²) in [5.41, 5.74) is 1.89. The van der Waals surface area contributed by atoms with E-state index < -0.39 is 12.0 Å². The number of carbonyl (C=O) groups excluding carboxylic acids is 1. The highest BCUT2D eigenvalue weighted by Gasteiger charge is 2.32. The van der Waals surface area contributed by atoms with Crippen LogP contribution in [0.5, 0.6) is 0 Å². The fraction of sp³-hybridized carbons (Fsp3) is 0.333. The number of methoxy groups -OCH3 is 1. The normalized spacial score (nSPS) is 12.7. The van der Waals surface area contributed by atoms with E-state index in [1.807, 2.05) is 60.7 Å². The Balaban J connectivity index is 2.22. The van der Waals surface area contributed by atoms with Crippen LogP contribution in [0.2, 0.25) is 0 Å². The summed E-state index contributed by atoms with van der Waals surface area (Å²) < 4.78 is 10.9. The Morgan fingerprint density at radius 2 is 1.73 bits per heavy atom. The number of esters is 1. The molecule has 136 valence electrons. The smallest absolute Gasteiger partial charge is 0.313 e. The minimum Gasteiger partial charge on any atom is -0.466 e. The number of nitrogens with zero attached hydrogens (tertiary/aromatic N) is 2. The molecule has 0 N–H and O–H groups in total. The molecule has 0 aromatic heterocycles. The maximum atomic E-state index is 12.6. The lowest BCUT2D eigenvalue weighted by atomic mass is 9.94. The van der Waals surface area contributed by atoms with E-state index in [2.05, 4.69) is 6.19 Å². The van der Waals surface area contributed by atoms with Crippen LogP contribution in [0.4, 0.5) is 0 Å². The molecule has 5 heteroatoms. The second-order valence-corrected chi connectivity index (χ2v) is 5.89. The molecule has 0 saturated heterocycles. The van der Waals surface area contributed by atoms with Gasteiger partial charge in [0.1, 0.15) is 5.92 Å². The van der Waals surface area contributed by atoms with E-state index in [4.69, 9.17) is 9.47 Å². The Morgan fingerprint density at radius 3 is 2.27 bits per heavy atom. The highest BCUT2D eigenvalue weighted by Crippen LogP contribution is 2.28. The summed E-state index contributed by atoms with van der Waals surface area (Å²) in [7, 11) is 1.57. The van der Waals surface area contributed by atoms with E-state index in [0.717, 1.165) is 11.1 Å². The van der Waals surface area contributed by atoms with Crippen molar-refractivity contribution in [3.05, 3.63) is 71.8 Å². The Morgan fingerprint density at radius 1 is 1.12 bits per heavy atom. The minimum absolute atomic E-state index is 0.220. The van der Waals surface area contributed by atoms with Crippen LogP contribution < -0.4 is 0 Å². The predicted molar refractivity (Wildman–Crippen MR) is 98.8 cm³/mol. The van der Waals surface area contributed by atoms with E-state index in [1.165, 1.54) is 0 Å². The third-order valence-electron chi connectivity index (χ3n) is 4.11. The lowest BCUT2D eigenvalue weighted by Crippen LogP contribution is -2.35. The van der Waals surface area contributed by atoms with Crippen LogP contribution in [0.1, 0.15) is 24.2 Å². The largest absolute Gasteiger partial charge is 0.466 e. The van der Waals surface area contributed by atoms with Gasteiger partial charge in [0.25, 0.3) is 0 Å². The van der Waals surface area contributed by atoms with Crippen LogP contribution in [0, 0.1) is 17.4 Å². The number of rotatable bonds is 9. The van der Waals surface area contributed by atoms with E-state index >= 15 is 0 Å². The molecule has 0 amide bonds. The molecule has 0 fully saturated rings. The summed E-state index contributed by atoms with van der Waals surface area (Å²) in [6, 6.07) is 19.2. The first-order valence-electron chi connectivity index (χ1n) is 8.62. The Kier molecular flexibility index (Phi) is 7.66. The fourth-order valence-corrected chi connectivity index (χ4v) is 2.90. The van der Waals surface area contributed by atoms with Gasteiger partial charge in [0.05, 0.1) is 19.3 Å². The number of carbonyl (C=O) groups is 1. The van der Waals surface area contributed by atoms with Crippen LogP contribution in [0.15, 0.2) is 60.7 Å². The first kappa shape index (κ1) is 19.5. The highest BCUT2D eigenvalue weighted by atomic mass is 16.5. The quantitative estimate of drug-likeness (QED) is 0.392. The van der Waals surface area contributed by atoms with Gasteiger partial charge < -0.3 is 14.4 Å². The van der Waals surface area contributed by atoms with Crippen molar-refractivity contribution >= 4 is 5.97 Å². The second kappa shape index (κ2) is 10.2. The van der Waals surface area contributed by atoms with Crippen molar-refractivity contribution in [1.29, 1.82) is 5.26 Å². The molecule has 5 nitrogen and oxygen atoms in total. The van der Waals surface area contributed by atoms with Crippen LogP contribution in [0.25, 0.3) is 0 Å². The Hall–Kier alpha value is -2.84. The Bertz CT molecular complexity index is 713. The standard InChI is InChI=1S/C21H24N2O3/c1-3-26-21(24)19(20(25-2)18-12-8-5-9-13-18)15-23(16-22)14-17-10-6-4-7-11-17/h4-13,19-20H,3,14-15H2,1-2H3. The van der Waals surface area contributed by atoms with Crippen LogP contribution in [-0.4, -0.2) is 31.1 Å². The molecular weight excluding hydrogens is 328 g/mol. The minimum atomic E-state index is -0.606. The maximum Gasteiger partial charge on any atom is 0.313 e. The van der Waals surface area contributed by atoms with Gasteiger partial charge in [-0.25, -0.2) is 0 Å². The topological polar surface area (TPSA) is 62.6 Å². The van der Waals surface area contributed by atoms with E-state index in [0.29, 0.717) is 6.54 Å². The average Bonchev–Trinajstić information content (AvgIpc) is 2.68. The molecule has 2 aromatic carbocycles. The maximum absolute atomic E-state index is 12.6. The van der Waals surface area contributed by atoms with E-state index in [9.17, 15) is 10.1 Å². The SMILES string of the molecule is CCOC(=O)C(CN(C#N)Cc1ccccc1)C(OC)c1ccccc1. The molecule has 0 aliphatic rings. The number of hydrogen-bond donors (Lipinski definition) is 0. The number of benzene rings is 2. The van der Waals surface area contributed by atoms with Gasteiger partial charge in [-0.2, -0.15) is 5.26 Å². The van der Waals surface area contributed by atoms with Gasteiger partial charge in [0.15, 0.2) is 6.19 Å². The molecule has 0 saturated carbocycles. The van der Waals surface area contributed by atoms with Gasteiger partial charge in [0.2, 0.25) is 0 Å². The van der Waals surface area contributed by atoms with Gasteiger partial charge in [-0.3, -0.25) is 4.79 Å². The molecule has 2 rings (SSSR count). The summed E-state index contributed by atoms with van der Waals surface area (Å²) >= 11 is 0. The summed E-state index contributed by atoms with van der Waals surface area (Å²) in [6.45, 7) is 2.70. The van der Waals surface area contributed by atoms with Crippen molar-refractivity contribution in [2.24, 2.45) is 5.92 Å². The number of hydrogen-bond acceptors (Lipinski definition) is 5. The molecule has 0 heterocycles. The van der Waals surface area contributed by atoms with E-state index in [1.54, 1.807) is 18.9 Å². The van der Waals surface area contributed by atoms with Gasteiger partial charge in [-0.1, -0.05) is 60.7 Å². The van der Waals surface area contributed by atoms with Crippen molar-refractivity contribution in [3.8, 4) is 6.19 Å². The van der Waals surface area contributed by atoms with Gasteiger partial charge in [-0.15, -0.1) is 0 Å². The zero-order valence-corrected chi connectivity index (χ0v) is 15.2. The van der Waals surface area contributed by atoms with Gasteiger partial charge >= 0.3 is 5.97 Å². The molecular formula is C21H24N2O3. The monoisotopic (exact) mass is 352 g/mol. The molecule has 0 bridgehead atoms. The van der Waals surface area contributed by atoms with Crippen LogP contribution >= 0.6 is 0 Å². The van der Waals surface area contributed by atoms with Gasteiger partial charge in [0, 0.05) is 13.7 Å². The van der Waals surface area contributed by atoms with Crippen LogP contribution in [0.3, 0.4) is 0 Å². The van der Waals surface area contributed by atoms with Crippen molar-refractivity contribution in [2.75, 3.05) is 20.3 Å². The third kappa shape index (κ3) is 5.33. The zero-order chi connectivity index (χ0) is 18.8. The number of ether oxygens (including phenoxy) is 2. The third-order valence-corrected chi connectivity index (χ3v) is 4.11. The summed E-state index contributed by atoms with van der Waals surface area (Å²) in [5.74, 6) is -0.970. The molecule has 0 radical (unpaired) electrons. The highest BCUT2D eigenvalue weighted by molar-refractivity contribution is 5.73. The molecule has 26 heavy (non-hydrogen) atoms. The predicted octanol–water partition coefficient (Wildman–Crippen LogP) is 3.54. The first-order valence-corrected chi connectivity index (χ1v) is 8.62. The first-order chi connectivity index (χ1) is 12.7. The average molecular weight is 352 g/mol. The van der Waals surface area contributed by atoms with Crippen molar-refractivity contribution in [3.63, 3.8) is 0 Å². The number of nitriles is 1. The van der Waals surface area contributed by atoms with Crippen molar-refractivity contribution in [2.45, 2.75) is 19.6 Å². The lowest BCUT2D eigenvalue weighted by Gasteiger charge is -2.28. The molecule has 2 aromatic rings. The molecule has 0 aliphatic heterocycles. The molecule has 0 aliphatic carbocycles. The van der Waals surface area contributed by atoms with Crippen molar-refractivity contribution in [1.82, 2.24) is 4.90 Å². The van der Waals surface area contributed by atoms with Gasteiger partial charge in [-0.05, 0) is 18.1 Å². The van der Waals surface area contributed by atoms with E-state index in [-0.39, 0.29) is 19.1 Å². The Labute approximate surface area is 154 Å². The summed E-state index contributed by atoms with van der Waals surface area (Å²) in [5, 5.41) is 9.56. The molecule has 0 spiro atoms. The summed E-state index contributed by atoms with van der Waals surface area (Å²) in [6.07, 6.45) is 1.69. The lowest BCUT2D eigenvalue weighted by molar-refractivity contribution is -0.154. The van der Waals surface area contributed by atoms with Crippen LogP contribution in [-0.2, 0) is 20.8 Å². The molecule has 2 atom stereocenters. The molecule has 2 unspecified atom stereocenters. The summed E-state index contributed by atoms with van der Waals surface area (Å²) in [4.78, 5) is 14.1. The fourth-order valence-electron chi connectivity index (χ4n) is 2.90. The zero-order valence-electron chi connectivity index (χ0n) is 15.2.